The highest BCUT2D eigenvalue weighted by atomic mass is 32.2. The number of thiazole rings is 1. The molecule has 0 saturated heterocycles. The highest BCUT2D eigenvalue weighted by molar-refractivity contribution is 8.13. The lowest BCUT2D eigenvalue weighted by Crippen LogP contribution is -2.21. The van der Waals surface area contributed by atoms with Gasteiger partial charge in [-0.05, 0) is 12.1 Å². The molecule has 2 N–H and O–H groups in total. The largest absolute Gasteiger partial charge is 0.389 e. The zero-order valence-corrected chi connectivity index (χ0v) is 11.4. The number of hydrogen-bond donors (Lipinski definition) is 2. The number of aromatic nitrogens is 1. The van der Waals surface area contributed by atoms with E-state index in [0.29, 0.717) is 5.01 Å². The normalized spacial score (nSPS) is 14.6. The fraction of sp³-hybridized carbons (Fsp3) is 0.333. The van der Waals surface area contributed by atoms with E-state index in [0.717, 1.165) is 22.0 Å². The first-order valence-electron chi connectivity index (χ1n) is 5.43. The summed E-state index contributed by atoms with van der Waals surface area (Å²) in [6, 6.07) is 7.55. The van der Waals surface area contributed by atoms with Gasteiger partial charge in [0.15, 0.2) is 5.12 Å². The summed E-state index contributed by atoms with van der Waals surface area (Å²) in [6.07, 6.45) is -2.03. The summed E-state index contributed by atoms with van der Waals surface area (Å²) >= 11 is 2.35. The molecule has 1 aromatic carbocycles. The van der Waals surface area contributed by atoms with E-state index in [-0.39, 0.29) is 10.9 Å². The molecule has 96 valence electrons. The number of thioether (sulfide) groups is 1. The van der Waals surface area contributed by atoms with Crippen molar-refractivity contribution in [2.45, 2.75) is 19.1 Å². The second kappa shape index (κ2) is 5.79. The highest BCUT2D eigenvalue weighted by Crippen LogP contribution is 2.28. The van der Waals surface area contributed by atoms with Crippen molar-refractivity contribution < 1.29 is 15.0 Å². The number of benzene rings is 1. The van der Waals surface area contributed by atoms with Crippen LogP contribution in [-0.2, 0) is 4.79 Å². The summed E-state index contributed by atoms with van der Waals surface area (Å²) in [6.45, 7) is 1.43. The third-order valence-corrected chi connectivity index (χ3v) is 4.41. The standard InChI is InChI=1S/C12H13NO3S2/c1-7(14)17-6-9(15)11(16)12-13-8-4-2-3-5-10(8)18-12/h2-5,9,11,15-16H,6H2,1H3. The highest BCUT2D eigenvalue weighted by Gasteiger charge is 2.22. The Balaban J connectivity index is 2.12. The second-order valence-electron chi connectivity index (χ2n) is 3.83. The Bertz CT molecular complexity index is 522. The van der Waals surface area contributed by atoms with Gasteiger partial charge in [-0.15, -0.1) is 11.3 Å². The Morgan fingerprint density at radius 3 is 2.83 bits per heavy atom. The predicted octanol–water partition coefficient (Wildman–Crippen LogP) is 1.97. The molecule has 0 saturated carbocycles. The number of carbonyl (C=O) groups is 1. The number of rotatable bonds is 4. The fourth-order valence-electron chi connectivity index (χ4n) is 1.48. The lowest BCUT2D eigenvalue weighted by molar-refractivity contribution is -0.109. The number of fused-ring (bicyclic) bond motifs is 1. The maximum Gasteiger partial charge on any atom is 0.185 e. The number of nitrogens with zero attached hydrogens (tertiary/aromatic N) is 1. The van der Waals surface area contributed by atoms with Crippen LogP contribution in [0.25, 0.3) is 10.2 Å². The van der Waals surface area contributed by atoms with Crippen LogP contribution in [0.5, 0.6) is 0 Å². The SMILES string of the molecule is CC(=O)SCC(O)C(O)c1nc2ccccc2s1. The van der Waals surface area contributed by atoms with Crippen LogP contribution in [0.2, 0.25) is 0 Å². The van der Waals surface area contributed by atoms with E-state index in [2.05, 4.69) is 4.98 Å². The van der Waals surface area contributed by atoms with Gasteiger partial charge in [-0.1, -0.05) is 23.9 Å². The van der Waals surface area contributed by atoms with Crippen molar-refractivity contribution in [2.75, 3.05) is 5.75 Å². The molecule has 0 amide bonds. The van der Waals surface area contributed by atoms with Crippen LogP contribution >= 0.6 is 23.1 Å². The molecule has 0 spiro atoms. The number of hydrogen-bond acceptors (Lipinski definition) is 6. The van der Waals surface area contributed by atoms with E-state index in [1.54, 1.807) is 0 Å². The Kier molecular flexibility index (Phi) is 4.34. The van der Waals surface area contributed by atoms with E-state index in [1.807, 2.05) is 24.3 Å². The topological polar surface area (TPSA) is 70.4 Å². The minimum absolute atomic E-state index is 0.0782. The molecule has 0 aliphatic rings. The molecule has 4 nitrogen and oxygen atoms in total. The minimum atomic E-state index is -1.05. The minimum Gasteiger partial charge on any atom is -0.389 e. The average Bonchev–Trinajstić information content (AvgIpc) is 2.78. The van der Waals surface area contributed by atoms with Gasteiger partial charge in [0.2, 0.25) is 0 Å². The molecule has 1 heterocycles. The Labute approximate surface area is 113 Å². The van der Waals surface area contributed by atoms with Crippen molar-refractivity contribution in [3.05, 3.63) is 29.3 Å². The summed E-state index contributed by atoms with van der Waals surface area (Å²) in [5.41, 5.74) is 0.808. The Morgan fingerprint density at radius 2 is 2.17 bits per heavy atom. The van der Waals surface area contributed by atoms with Gasteiger partial charge in [-0.2, -0.15) is 0 Å². The molecule has 2 rings (SSSR count). The maximum atomic E-state index is 10.8. The van der Waals surface area contributed by atoms with Gasteiger partial charge in [-0.3, -0.25) is 4.79 Å². The van der Waals surface area contributed by atoms with Gasteiger partial charge in [0.25, 0.3) is 0 Å². The van der Waals surface area contributed by atoms with Crippen molar-refractivity contribution in [2.24, 2.45) is 0 Å². The van der Waals surface area contributed by atoms with Crippen LogP contribution in [-0.4, -0.2) is 32.2 Å². The van der Waals surface area contributed by atoms with Crippen molar-refractivity contribution in [1.82, 2.24) is 4.98 Å². The van der Waals surface area contributed by atoms with E-state index in [4.69, 9.17) is 0 Å². The maximum absolute atomic E-state index is 10.8. The lowest BCUT2D eigenvalue weighted by Gasteiger charge is -2.14. The van der Waals surface area contributed by atoms with Gasteiger partial charge in [0.05, 0.1) is 16.3 Å². The second-order valence-corrected chi connectivity index (χ2v) is 6.09. The molecule has 0 aliphatic carbocycles. The van der Waals surface area contributed by atoms with Crippen LogP contribution in [0.15, 0.2) is 24.3 Å². The zero-order valence-electron chi connectivity index (χ0n) is 9.74. The molecule has 2 aromatic rings. The molecule has 0 bridgehead atoms. The van der Waals surface area contributed by atoms with E-state index in [9.17, 15) is 15.0 Å². The number of aliphatic hydroxyl groups excluding tert-OH is 2. The van der Waals surface area contributed by atoms with Crippen LogP contribution < -0.4 is 0 Å². The smallest absolute Gasteiger partial charge is 0.185 e. The number of carbonyl (C=O) groups excluding carboxylic acids is 1. The number of para-hydroxylation sites is 1. The molecule has 2 atom stereocenters. The molecule has 1 aromatic heterocycles. The predicted molar refractivity (Wildman–Crippen MR) is 73.7 cm³/mol. The van der Waals surface area contributed by atoms with Crippen LogP contribution in [0.4, 0.5) is 0 Å². The lowest BCUT2D eigenvalue weighted by atomic mass is 10.2. The third-order valence-electron chi connectivity index (χ3n) is 2.39. The van der Waals surface area contributed by atoms with Gasteiger partial charge in [0.1, 0.15) is 11.1 Å². The molecular formula is C12H13NO3S2. The summed E-state index contributed by atoms with van der Waals surface area (Å²) in [5, 5.41) is 20.2. The van der Waals surface area contributed by atoms with Crippen molar-refractivity contribution >= 4 is 38.4 Å². The first-order chi connectivity index (χ1) is 8.58. The quantitative estimate of drug-likeness (QED) is 0.897. The summed E-state index contributed by atoms with van der Waals surface area (Å²) in [4.78, 5) is 15.1. The van der Waals surface area contributed by atoms with Crippen LogP contribution in [0, 0.1) is 0 Å². The van der Waals surface area contributed by atoms with Gasteiger partial charge >= 0.3 is 0 Å². The number of aliphatic hydroxyl groups is 2. The zero-order chi connectivity index (χ0) is 13.1. The molecule has 0 fully saturated rings. The summed E-state index contributed by atoms with van der Waals surface area (Å²) in [7, 11) is 0. The first kappa shape index (κ1) is 13.5. The third kappa shape index (κ3) is 3.08. The molecular weight excluding hydrogens is 270 g/mol. The van der Waals surface area contributed by atoms with Crippen molar-refractivity contribution in [1.29, 1.82) is 0 Å². The monoisotopic (exact) mass is 283 g/mol. The summed E-state index contributed by atoms with van der Waals surface area (Å²) in [5.74, 6) is 0.173. The molecule has 0 aliphatic heterocycles. The molecule has 18 heavy (non-hydrogen) atoms. The molecule has 6 heteroatoms. The van der Waals surface area contributed by atoms with Crippen LogP contribution in [0.3, 0.4) is 0 Å². The molecule has 0 radical (unpaired) electrons. The van der Waals surface area contributed by atoms with Crippen molar-refractivity contribution in [3.8, 4) is 0 Å². The average molecular weight is 283 g/mol. The summed E-state index contributed by atoms with van der Waals surface area (Å²) < 4.78 is 0.970. The van der Waals surface area contributed by atoms with Crippen LogP contribution in [0.1, 0.15) is 18.0 Å². The fourth-order valence-corrected chi connectivity index (χ4v) is 3.07. The van der Waals surface area contributed by atoms with E-state index < -0.39 is 12.2 Å². The van der Waals surface area contributed by atoms with Crippen molar-refractivity contribution in [3.63, 3.8) is 0 Å². The first-order valence-corrected chi connectivity index (χ1v) is 7.23. The Hall–Kier alpha value is -0.950. The van der Waals surface area contributed by atoms with E-state index in [1.165, 1.54) is 18.3 Å². The van der Waals surface area contributed by atoms with Gasteiger partial charge < -0.3 is 10.2 Å². The van der Waals surface area contributed by atoms with E-state index >= 15 is 0 Å². The van der Waals surface area contributed by atoms with Gasteiger partial charge in [0, 0.05) is 12.7 Å². The molecule has 2 unspecified atom stereocenters. The van der Waals surface area contributed by atoms with Gasteiger partial charge in [-0.25, -0.2) is 4.98 Å². The Morgan fingerprint density at radius 1 is 1.44 bits per heavy atom.